The fraction of sp³-hybridized carbons (Fsp3) is 0.182. The molecular weight excluding hydrogens is 195 g/mol. The van der Waals surface area contributed by atoms with Crippen LogP contribution in [-0.4, -0.2) is 16.2 Å². The summed E-state index contributed by atoms with van der Waals surface area (Å²) in [6.45, 7) is 0.520. The number of fused-ring (bicyclic) bond motifs is 1. The molecule has 0 N–H and O–H groups in total. The Hall–Kier alpha value is -1.84. The lowest BCUT2D eigenvalue weighted by atomic mass is 10.1. The summed E-state index contributed by atoms with van der Waals surface area (Å²) in [6, 6.07) is 7.21. The zero-order chi connectivity index (χ0) is 10.3. The summed E-state index contributed by atoms with van der Waals surface area (Å²) in [6.07, 6.45) is 3.53. The molecule has 1 aromatic heterocycles. The van der Waals surface area contributed by atoms with Crippen molar-refractivity contribution in [2.45, 2.75) is 6.04 Å². The first-order valence-electron chi connectivity index (χ1n) is 4.76. The second-order valence-electron chi connectivity index (χ2n) is 3.50. The van der Waals surface area contributed by atoms with E-state index >= 15 is 0 Å². The minimum atomic E-state index is -0.221. The summed E-state index contributed by atoms with van der Waals surface area (Å²) >= 11 is 0. The van der Waals surface area contributed by atoms with Gasteiger partial charge in [-0.15, -0.1) is 0 Å². The van der Waals surface area contributed by atoms with Crippen molar-refractivity contribution in [2.24, 2.45) is 0 Å². The fourth-order valence-corrected chi connectivity index (χ4v) is 1.85. The van der Waals surface area contributed by atoms with Crippen LogP contribution < -0.4 is 4.74 Å². The highest BCUT2D eigenvalue weighted by atomic mass is 19.1. The van der Waals surface area contributed by atoms with Gasteiger partial charge in [0.25, 0.3) is 6.01 Å². The van der Waals surface area contributed by atoms with Crippen LogP contribution in [0.2, 0.25) is 0 Å². The summed E-state index contributed by atoms with van der Waals surface area (Å²) in [4.78, 5) is 4.04. The van der Waals surface area contributed by atoms with Gasteiger partial charge in [0.1, 0.15) is 12.4 Å². The van der Waals surface area contributed by atoms with Gasteiger partial charge in [-0.25, -0.2) is 9.37 Å². The molecule has 0 aliphatic carbocycles. The molecule has 0 radical (unpaired) electrons. The summed E-state index contributed by atoms with van der Waals surface area (Å²) in [5, 5.41) is 0. The lowest BCUT2D eigenvalue weighted by Crippen LogP contribution is -2.08. The highest BCUT2D eigenvalue weighted by Crippen LogP contribution is 2.29. The molecular formula is C11H9FN2O. The molecule has 0 amide bonds. The lowest BCUT2D eigenvalue weighted by Gasteiger charge is -2.09. The number of aromatic nitrogens is 2. The Balaban J connectivity index is 2.03. The Labute approximate surface area is 86.1 Å². The van der Waals surface area contributed by atoms with E-state index in [9.17, 15) is 4.39 Å². The van der Waals surface area contributed by atoms with Gasteiger partial charge < -0.3 is 4.74 Å². The zero-order valence-corrected chi connectivity index (χ0v) is 7.93. The number of benzene rings is 1. The van der Waals surface area contributed by atoms with Crippen molar-refractivity contribution in [3.05, 3.63) is 48.0 Å². The summed E-state index contributed by atoms with van der Waals surface area (Å²) in [5.74, 6) is -0.221. The van der Waals surface area contributed by atoms with Crippen LogP contribution in [0.3, 0.4) is 0 Å². The van der Waals surface area contributed by atoms with Crippen molar-refractivity contribution < 1.29 is 9.13 Å². The van der Waals surface area contributed by atoms with Crippen LogP contribution in [0, 0.1) is 5.82 Å². The molecule has 4 heteroatoms. The molecule has 1 aromatic carbocycles. The summed E-state index contributed by atoms with van der Waals surface area (Å²) in [7, 11) is 0. The lowest BCUT2D eigenvalue weighted by molar-refractivity contribution is 0.331. The Kier molecular flexibility index (Phi) is 1.74. The third-order valence-corrected chi connectivity index (χ3v) is 2.57. The van der Waals surface area contributed by atoms with E-state index in [1.807, 2.05) is 16.8 Å². The van der Waals surface area contributed by atoms with Gasteiger partial charge in [-0.3, -0.25) is 4.57 Å². The van der Waals surface area contributed by atoms with E-state index < -0.39 is 0 Å². The Morgan fingerprint density at radius 3 is 3.27 bits per heavy atom. The average molecular weight is 204 g/mol. The number of imidazole rings is 1. The van der Waals surface area contributed by atoms with Crippen molar-refractivity contribution >= 4 is 0 Å². The van der Waals surface area contributed by atoms with Gasteiger partial charge in [0.2, 0.25) is 0 Å². The SMILES string of the molecule is Fc1cccc(C2COc3nccn32)c1. The van der Waals surface area contributed by atoms with Crippen LogP contribution >= 0.6 is 0 Å². The molecule has 1 unspecified atom stereocenters. The summed E-state index contributed by atoms with van der Waals surface area (Å²) < 4.78 is 20.3. The number of hydrogen-bond donors (Lipinski definition) is 0. The van der Waals surface area contributed by atoms with Crippen LogP contribution in [0.25, 0.3) is 0 Å². The molecule has 0 fully saturated rings. The molecule has 2 heterocycles. The highest BCUT2D eigenvalue weighted by molar-refractivity contribution is 5.24. The van der Waals surface area contributed by atoms with Crippen molar-refractivity contribution in [1.29, 1.82) is 0 Å². The molecule has 1 atom stereocenters. The van der Waals surface area contributed by atoms with Crippen LogP contribution in [0.15, 0.2) is 36.7 Å². The molecule has 3 rings (SSSR count). The monoisotopic (exact) mass is 204 g/mol. The van der Waals surface area contributed by atoms with Gasteiger partial charge in [0.15, 0.2) is 0 Å². The molecule has 3 nitrogen and oxygen atoms in total. The van der Waals surface area contributed by atoms with Crippen LogP contribution in [0.4, 0.5) is 4.39 Å². The molecule has 0 bridgehead atoms. The first-order chi connectivity index (χ1) is 7.34. The average Bonchev–Trinajstić information content (AvgIpc) is 2.77. The maximum Gasteiger partial charge on any atom is 0.297 e. The van der Waals surface area contributed by atoms with Gasteiger partial charge in [-0.1, -0.05) is 12.1 Å². The van der Waals surface area contributed by atoms with Gasteiger partial charge in [0.05, 0.1) is 6.04 Å². The van der Waals surface area contributed by atoms with Gasteiger partial charge in [-0.2, -0.15) is 0 Å². The quantitative estimate of drug-likeness (QED) is 0.710. The largest absolute Gasteiger partial charge is 0.462 e. The van der Waals surface area contributed by atoms with Gasteiger partial charge >= 0.3 is 0 Å². The number of ether oxygens (including phenoxy) is 1. The smallest absolute Gasteiger partial charge is 0.297 e. The molecule has 15 heavy (non-hydrogen) atoms. The van der Waals surface area contributed by atoms with Crippen molar-refractivity contribution in [2.75, 3.05) is 6.61 Å². The topological polar surface area (TPSA) is 27.1 Å². The van der Waals surface area contributed by atoms with Gasteiger partial charge in [0, 0.05) is 12.4 Å². The Bertz CT molecular complexity index is 495. The minimum Gasteiger partial charge on any atom is -0.462 e. The molecule has 0 spiro atoms. The molecule has 1 aliphatic heterocycles. The fourth-order valence-electron chi connectivity index (χ4n) is 1.85. The molecule has 0 saturated heterocycles. The van der Waals surface area contributed by atoms with E-state index in [0.29, 0.717) is 12.6 Å². The van der Waals surface area contributed by atoms with Gasteiger partial charge in [-0.05, 0) is 17.7 Å². The second kappa shape index (κ2) is 3.08. The van der Waals surface area contributed by atoms with E-state index in [1.54, 1.807) is 12.3 Å². The summed E-state index contributed by atoms with van der Waals surface area (Å²) in [5.41, 5.74) is 0.909. The van der Waals surface area contributed by atoms with Crippen molar-refractivity contribution in [1.82, 2.24) is 9.55 Å². The normalized spacial score (nSPS) is 18.6. The molecule has 76 valence electrons. The van der Waals surface area contributed by atoms with Crippen molar-refractivity contribution in [3.63, 3.8) is 0 Å². The van der Waals surface area contributed by atoms with E-state index in [-0.39, 0.29) is 11.9 Å². The molecule has 1 aliphatic rings. The number of halogens is 1. The third-order valence-electron chi connectivity index (χ3n) is 2.57. The standard InChI is InChI=1S/C11H9FN2O/c12-9-3-1-2-8(6-9)10-7-15-11-13-4-5-14(10)11/h1-6,10H,7H2. The Morgan fingerprint density at radius 2 is 2.40 bits per heavy atom. The minimum absolute atomic E-state index is 0.0400. The number of nitrogens with zero attached hydrogens (tertiary/aromatic N) is 2. The first kappa shape index (κ1) is 8.47. The van der Waals surface area contributed by atoms with E-state index in [4.69, 9.17) is 4.74 Å². The second-order valence-corrected chi connectivity index (χ2v) is 3.50. The molecule has 2 aromatic rings. The van der Waals surface area contributed by atoms with E-state index in [2.05, 4.69) is 4.98 Å². The first-order valence-corrected chi connectivity index (χ1v) is 4.76. The number of rotatable bonds is 1. The maximum atomic E-state index is 13.1. The zero-order valence-electron chi connectivity index (χ0n) is 7.93. The number of hydrogen-bond acceptors (Lipinski definition) is 2. The van der Waals surface area contributed by atoms with Crippen LogP contribution in [0.1, 0.15) is 11.6 Å². The van der Waals surface area contributed by atoms with Crippen LogP contribution in [-0.2, 0) is 0 Å². The predicted molar refractivity (Wildman–Crippen MR) is 52.3 cm³/mol. The molecule has 0 saturated carbocycles. The van der Waals surface area contributed by atoms with E-state index in [1.165, 1.54) is 12.1 Å². The van der Waals surface area contributed by atoms with Crippen molar-refractivity contribution in [3.8, 4) is 6.01 Å². The highest BCUT2D eigenvalue weighted by Gasteiger charge is 2.25. The predicted octanol–water partition coefficient (Wildman–Crippen LogP) is 2.00. The third kappa shape index (κ3) is 1.29. The Morgan fingerprint density at radius 1 is 1.47 bits per heavy atom. The van der Waals surface area contributed by atoms with E-state index in [0.717, 1.165) is 5.56 Å². The maximum absolute atomic E-state index is 13.1. The van der Waals surface area contributed by atoms with Crippen LogP contribution in [0.5, 0.6) is 6.01 Å².